The molecule has 5 nitrogen and oxygen atoms in total. The SMILES string of the molecule is C[C@@H](c1ccccc1)N1CCN(Cc2ccccc2C(N)=O)C1=O. The second-order valence-electron chi connectivity index (χ2n) is 6.01. The molecule has 1 atom stereocenters. The average Bonchev–Trinajstić information content (AvgIpc) is 2.96. The van der Waals surface area contributed by atoms with E-state index in [1.165, 1.54) is 0 Å². The summed E-state index contributed by atoms with van der Waals surface area (Å²) in [5, 5.41) is 0. The molecule has 5 heteroatoms. The number of primary amides is 1. The van der Waals surface area contributed by atoms with Crippen LogP contribution in [0.5, 0.6) is 0 Å². The topological polar surface area (TPSA) is 66.6 Å². The first-order valence-electron chi connectivity index (χ1n) is 8.06. The number of hydrogen-bond acceptors (Lipinski definition) is 2. The Morgan fingerprint density at radius 1 is 1.08 bits per heavy atom. The van der Waals surface area contributed by atoms with Crippen LogP contribution in [0.4, 0.5) is 4.79 Å². The molecule has 3 rings (SSSR count). The first kappa shape index (κ1) is 16.1. The van der Waals surface area contributed by atoms with Gasteiger partial charge in [0.2, 0.25) is 5.91 Å². The van der Waals surface area contributed by atoms with E-state index in [0.29, 0.717) is 25.2 Å². The van der Waals surface area contributed by atoms with Crippen LogP contribution in [0, 0.1) is 0 Å². The summed E-state index contributed by atoms with van der Waals surface area (Å²) in [5.74, 6) is -0.466. The predicted molar refractivity (Wildman–Crippen MR) is 92.3 cm³/mol. The van der Waals surface area contributed by atoms with Crippen molar-refractivity contribution >= 4 is 11.9 Å². The van der Waals surface area contributed by atoms with Crippen LogP contribution in [-0.2, 0) is 6.54 Å². The number of nitrogens with zero attached hydrogens (tertiary/aromatic N) is 2. The van der Waals surface area contributed by atoms with E-state index in [0.717, 1.165) is 11.1 Å². The number of rotatable bonds is 5. The van der Waals surface area contributed by atoms with Crippen LogP contribution in [0.1, 0.15) is 34.5 Å². The zero-order valence-electron chi connectivity index (χ0n) is 13.7. The van der Waals surface area contributed by atoms with Gasteiger partial charge in [-0.2, -0.15) is 0 Å². The van der Waals surface area contributed by atoms with Crippen molar-refractivity contribution in [2.75, 3.05) is 13.1 Å². The molecule has 2 aromatic rings. The Morgan fingerprint density at radius 2 is 1.75 bits per heavy atom. The minimum Gasteiger partial charge on any atom is -0.366 e. The summed E-state index contributed by atoms with van der Waals surface area (Å²) >= 11 is 0. The molecule has 0 saturated carbocycles. The van der Waals surface area contributed by atoms with E-state index < -0.39 is 5.91 Å². The minimum atomic E-state index is -0.466. The molecule has 2 aromatic carbocycles. The van der Waals surface area contributed by atoms with E-state index in [9.17, 15) is 9.59 Å². The van der Waals surface area contributed by atoms with Crippen molar-refractivity contribution < 1.29 is 9.59 Å². The highest BCUT2D eigenvalue weighted by Crippen LogP contribution is 2.25. The average molecular weight is 323 g/mol. The fourth-order valence-electron chi connectivity index (χ4n) is 3.12. The molecule has 1 fully saturated rings. The van der Waals surface area contributed by atoms with Gasteiger partial charge in [-0.25, -0.2) is 4.79 Å². The Kier molecular flexibility index (Phi) is 4.51. The van der Waals surface area contributed by atoms with Gasteiger partial charge in [-0.05, 0) is 24.1 Å². The van der Waals surface area contributed by atoms with E-state index in [1.54, 1.807) is 17.0 Å². The number of amides is 3. The van der Waals surface area contributed by atoms with Gasteiger partial charge in [-0.3, -0.25) is 4.79 Å². The highest BCUT2D eigenvalue weighted by Gasteiger charge is 2.32. The molecule has 24 heavy (non-hydrogen) atoms. The molecule has 0 radical (unpaired) electrons. The van der Waals surface area contributed by atoms with Gasteiger partial charge in [0.1, 0.15) is 0 Å². The lowest BCUT2D eigenvalue weighted by molar-refractivity contribution is 0.0998. The second kappa shape index (κ2) is 6.74. The number of urea groups is 1. The maximum atomic E-state index is 12.7. The monoisotopic (exact) mass is 323 g/mol. The lowest BCUT2D eigenvalue weighted by Gasteiger charge is -2.25. The van der Waals surface area contributed by atoms with E-state index in [1.807, 2.05) is 54.3 Å². The Balaban J connectivity index is 1.74. The van der Waals surface area contributed by atoms with Gasteiger partial charge in [0.15, 0.2) is 0 Å². The minimum absolute atomic E-state index is 0.00868. The van der Waals surface area contributed by atoms with Crippen molar-refractivity contribution in [2.24, 2.45) is 5.73 Å². The summed E-state index contributed by atoms with van der Waals surface area (Å²) < 4.78 is 0. The third-order valence-electron chi connectivity index (χ3n) is 4.52. The number of carbonyl (C=O) groups is 2. The third-order valence-corrected chi connectivity index (χ3v) is 4.52. The summed E-state index contributed by atoms with van der Waals surface area (Å²) in [7, 11) is 0. The van der Waals surface area contributed by atoms with Crippen molar-refractivity contribution in [1.82, 2.24) is 9.80 Å². The first-order valence-corrected chi connectivity index (χ1v) is 8.06. The van der Waals surface area contributed by atoms with Crippen molar-refractivity contribution in [3.05, 3.63) is 71.3 Å². The molecule has 1 aliphatic heterocycles. The van der Waals surface area contributed by atoms with Gasteiger partial charge in [0.05, 0.1) is 6.04 Å². The van der Waals surface area contributed by atoms with E-state index in [4.69, 9.17) is 5.73 Å². The van der Waals surface area contributed by atoms with Gasteiger partial charge in [-0.15, -0.1) is 0 Å². The number of benzene rings is 2. The third kappa shape index (κ3) is 3.11. The Morgan fingerprint density at radius 3 is 2.46 bits per heavy atom. The number of carbonyl (C=O) groups excluding carboxylic acids is 2. The van der Waals surface area contributed by atoms with Crippen LogP contribution in [0.3, 0.4) is 0 Å². The quantitative estimate of drug-likeness (QED) is 0.919. The second-order valence-corrected chi connectivity index (χ2v) is 6.01. The zero-order valence-corrected chi connectivity index (χ0v) is 13.7. The molecule has 3 amide bonds. The molecular formula is C19H21N3O2. The van der Waals surface area contributed by atoms with Gasteiger partial charge < -0.3 is 15.5 Å². The Hall–Kier alpha value is -2.82. The highest BCUT2D eigenvalue weighted by atomic mass is 16.2. The summed E-state index contributed by atoms with van der Waals surface area (Å²) in [6.45, 7) is 3.75. The van der Waals surface area contributed by atoms with Crippen molar-refractivity contribution in [3.8, 4) is 0 Å². The normalized spacial score (nSPS) is 15.6. The van der Waals surface area contributed by atoms with Crippen molar-refractivity contribution in [3.63, 3.8) is 0 Å². The lowest BCUT2D eigenvalue weighted by atomic mass is 10.1. The van der Waals surface area contributed by atoms with E-state index in [-0.39, 0.29) is 12.1 Å². The standard InChI is InChI=1S/C19H21N3O2/c1-14(15-7-3-2-4-8-15)22-12-11-21(19(22)24)13-16-9-5-6-10-17(16)18(20)23/h2-10,14H,11-13H2,1H3,(H2,20,23)/t14-/m0/s1. The van der Waals surface area contributed by atoms with Crippen LogP contribution in [0.25, 0.3) is 0 Å². The summed E-state index contributed by atoms with van der Waals surface area (Å²) in [4.78, 5) is 27.9. The molecule has 0 spiro atoms. The summed E-state index contributed by atoms with van der Waals surface area (Å²) in [6, 6.07) is 17.2. The lowest BCUT2D eigenvalue weighted by Crippen LogP contribution is -2.33. The molecule has 2 N–H and O–H groups in total. The van der Waals surface area contributed by atoms with Gasteiger partial charge in [-0.1, -0.05) is 48.5 Å². The van der Waals surface area contributed by atoms with Crippen LogP contribution in [0.15, 0.2) is 54.6 Å². The van der Waals surface area contributed by atoms with Gasteiger partial charge in [0.25, 0.3) is 0 Å². The summed E-state index contributed by atoms with van der Waals surface area (Å²) in [6.07, 6.45) is 0. The Bertz CT molecular complexity index is 745. The number of hydrogen-bond donors (Lipinski definition) is 1. The molecule has 1 saturated heterocycles. The van der Waals surface area contributed by atoms with Crippen LogP contribution in [-0.4, -0.2) is 34.8 Å². The van der Waals surface area contributed by atoms with Gasteiger partial charge in [0, 0.05) is 25.2 Å². The Labute approximate surface area is 141 Å². The molecule has 0 aromatic heterocycles. The molecule has 0 bridgehead atoms. The molecular weight excluding hydrogens is 302 g/mol. The maximum Gasteiger partial charge on any atom is 0.320 e. The van der Waals surface area contributed by atoms with E-state index in [2.05, 4.69) is 0 Å². The fourth-order valence-corrected chi connectivity index (χ4v) is 3.12. The number of nitrogens with two attached hydrogens (primary N) is 1. The van der Waals surface area contributed by atoms with Crippen LogP contribution < -0.4 is 5.73 Å². The molecule has 0 unspecified atom stereocenters. The van der Waals surface area contributed by atoms with Crippen LogP contribution >= 0.6 is 0 Å². The van der Waals surface area contributed by atoms with Crippen LogP contribution in [0.2, 0.25) is 0 Å². The smallest absolute Gasteiger partial charge is 0.320 e. The maximum absolute atomic E-state index is 12.7. The van der Waals surface area contributed by atoms with E-state index >= 15 is 0 Å². The van der Waals surface area contributed by atoms with Gasteiger partial charge >= 0.3 is 6.03 Å². The largest absolute Gasteiger partial charge is 0.366 e. The first-order chi connectivity index (χ1) is 11.6. The summed E-state index contributed by atoms with van der Waals surface area (Å²) in [5.41, 5.74) is 7.80. The molecule has 1 heterocycles. The fraction of sp³-hybridized carbons (Fsp3) is 0.263. The highest BCUT2D eigenvalue weighted by molar-refractivity contribution is 5.94. The predicted octanol–water partition coefficient (Wildman–Crippen LogP) is 2.78. The molecule has 124 valence electrons. The molecule has 1 aliphatic rings. The zero-order chi connectivity index (χ0) is 17.1. The van der Waals surface area contributed by atoms with Crippen molar-refractivity contribution in [2.45, 2.75) is 19.5 Å². The van der Waals surface area contributed by atoms with Crippen molar-refractivity contribution in [1.29, 1.82) is 0 Å². The molecule has 0 aliphatic carbocycles.